The Hall–Kier alpha value is -1.75. The number of carbonyl (C=O) groups excluding carboxylic acids is 1. The Morgan fingerprint density at radius 3 is 2.53 bits per heavy atom. The highest BCUT2D eigenvalue weighted by molar-refractivity contribution is 14.1. The molecule has 0 aliphatic heterocycles. The lowest BCUT2D eigenvalue weighted by Gasteiger charge is -2.08. The number of benzene rings is 2. The molecule has 0 fully saturated rings. The van der Waals surface area contributed by atoms with Crippen LogP contribution in [-0.4, -0.2) is 11.3 Å². The van der Waals surface area contributed by atoms with Crippen LogP contribution >= 0.6 is 22.6 Å². The summed E-state index contributed by atoms with van der Waals surface area (Å²) < 4.78 is 1.13. The van der Waals surface area contributed by atoms with E-state index in [2.05, 4.69) is 27.6 Å². The van der Waals surface area contributed by atoms with Gasteiger partial charge in [-0.05, 0) is 40.1 Å². The van der Waals surface area contributed by atoms with Crippen molar-refractivity contribution >= 4 is 39.6 Å². The molecule has 0 aliphatic rings. The number of carbonyl (C=O) groups is 1. The van der Waals surface area contributed by atoms with Crippen LogP contribution in [0.1, 0.15) is 10.5 Å². The predicted octanol–water partition coefficient (Wildman–Crippen LogP) is 4.32. The predicted molar refractivity (Wildman–Crippen MR) is 85.3 cm³/mol. The van der Waals surface area contributed by atoms with Gasteiger partial charge in [0.25, 0.3) is 0 Å². The van der Waals surface area contributed by atoms with Gasteiger partial charge in [0.1, 0.15) is 5.69 Å². The van der Waals surface area contributed by atoms with Crippen molar-refractivity contribution in [2.45, 2.75) is 0 Å². The Morgan fingerprint density at radius 2 is 1.74 bits per heavy atom. The van der Waals surface area contributed by atoms with Crippen molar-refractivity contribution in [1.29, 1.82) is 0 Å². The molecule has 0 aliphatic carbocycles. The lowest BCUT2D eigenvalue weighted by molar-refractivity contribution is 0.111. The summed E-state index contributed by atoms with van der Waals surface area (Å²) in [6.45, 7) is 0. The van der Waals surface area contributed by atoms with Crippen LogP contribution in [-0.2, 0) is 0 Å². The average Bonchev–Trinajstić information content (AvgIpc) is 2.46. The molecule has 3 aromatic rings. The zero-order chi connectivity index (χ0) is 13.2. The summed E-state index contributed by atoms with van der Waals surface area (Å²) in [6.07, 6.45) is 0.797. The minimum atomic E-state index is 0.466. The molecule has 19 heavy (non-hydrogen) atoms. The lowest BCUT2D eigenvalue weighted by atomic mass is 10.0. The van der Waals surface area contributed by atoms with Crippen molar-refractivity contribution in [2.24, 2.45) is 0 Å². The molecular weight excluding hydrogens is 349 g/mol. The Balaban J connectivity index is 2.39. The van der Waals surface area contributed by atoms with Crippen LogP contribution < -0.4 is 0 Å². The third kappa shape index (κ3) is 2.26. The van der Waals surface area contributed by atoms with Crippen LogP contribution in [0, 0.1) is 3.57 Å². The van der Waals surface area contributed by atoms with Gasteiger partial charge in [-0.3, -0.25) is 4.79 Å². The SMILES string of the molecule is O=Cc1cc2ccccc2c(-c2ccccc2I)n1. The van der Waals surface area contributed by atoms with E-state index < -0.39 is 0 Å². The first-order chi connectivity index (χ1) is 9.29. The Kier molecular flexibility index (Phi) is 3.29. The summed E-state index contributed by atoms with van der Waals surface area (Å²) >= 11 is 2.29. The van der Waals surface area contributed by atoms with E-state index in [9.17, 15) is 4.79 Å². The fourth-order valence-electron chi connectivity index (χ4n) is 2.14. The van der Waals surface area contributed by atoms with Crippen LogP contribution in [0.4, 0.5) is 0 Å². The molecular formula is C16H10INO. The van der Waals surface area contributed by atoms with E-state index in [0.29, 0.717) is 5.69 Å². The molecule has 0 amide bonds. The van der Waals surface area contributed by atoms with Gasteiger partial charge in [-0.1, -0.05) is 42.5 Å². The highest BCUT2D eigenvalue weighted by Crippen LogP contribution is 2.30. The van der Waals surface area contributed by atoms with Gasteiger partial charge in [0, 0.05) is 14.5 Å². The summed E-state index contributed by atoms with van der Waals surface area (Å²) in [5.74, 6) is 0. The van der Waals surface area contributed by atoms with Crippen molar-refractivity contribution < 1.29 is 4.79 Å². The first-order valence-corrected chi connectivity index (χ1v) is 6.97. The molecule has 0 saturated carbocycles. The summed E-state index contributed by atoms with van der Waals surface area (Å²) in [6, 6.07) is 17.9. The number of halogens is 1. The maximum atomic E-state index is 11.1. The highest BCUT2D eigenvalue weighted by Gasteiger charge is 2.10. The number of fused-ring (bicyclic) bond motifs is 1. The molecule has 0 saturated heterocycles. The van der Waals surface area contributed by atoms with Crippen molar-refractivity contribution in [2.75, 3.05) is 0 Å². The molecule has 0 spiro atoms. The van der Waals surface area contributed by atoms with Crippen LogP contribution in [0.25, 0.3) is 22.0 Å². The van der Waals surface area contributed by atoms with Crippen molar-refractivity contribution in [1.82, 2.24) is 4.98 Å². The molecule has 2 nitrogen and oxygen atoms in total. The van der Waals surface area contributed by atoms with Gasteiger partial charge in [-0.15, -0.1) is 0 Å². The summed E-state index contributed by atoms with van der Waals surface area (Å²) in [4.78, 5) is 15.5. The summed E-state index contributed by atoms with van der Waals surface area (Å²) in [5, 5.41) is 2.10. The van der Waals surface area contributed by atoms with E-state index >= 15 is 0 Å². The molecule has 2 aromatic carbocycles. The first kappa shape index (κ1) is 12.3. The second-order valence-electron chi connectivity index (χ2n) is 4.21. The standard InChI is InChI=1S/C16H10INO/c17-15-8-4-3-7-14(15)16-13-6-2-1-5-11(13)9-12(10-19)18-16/h1-10H. The zero-order valence-electron chi connectivity index (χ0n) is 10.0. The molecule has 0 radical (unpaired) electrons. The average molecular weight is 359 g/mol. The van der Waals surface area contributed by atoms with Crippen LogP contribution in [0.2, 0.25) is 0 Å². The Morgan fingerprint density at radius 1 is 1.00 bits per heavy atom. The number of aldehydes is 1. The van der Waals surface area contributed by atoms with E-state index in [1.165, 1.54) is 0 Å². The quantitative estimate of drug-likeness (QED) is 0.504. The maximum absolute atomic E-state index is 11.1. The third-order valence-electron chi connectivity index (χ3n) is 3.01. The Bertz CT molecular complexity index is 768. The minimum Gasteiger partial charge on any atom is -0.296 e. The minimum absolute atomic E-state index is 0.466. The molecule has 92 valence electrons. The number of rotatable bonds is 2. The molecule has 0 bridgehead atoms. The number of nitrogens with zero attached hydrogens (tertiary/aromatic N) is 1. The zero-order valence-corrected chi connectivity index (χ0v) is 12.2. The molecule has 3 rings (SSSR count). The second-order valence-corrected chi connectivity index (χ2v) is 5.38. The molecule has 0 atom stereocenters. The van der Waals surface area contributed by atoms with Gasteiger partial charge >= 0.3 is 0 Å². The Labute approximate surface area is 124 Å². The lowest BCUT2D eigenvalue weighted by Crippen LogP contribution is -1.94. The smallest absolute Gasteiger partial charge is 0.168 e. The number of pyridine rings is 1. The second kappa shape index (κ2) is 5.09. The molecule has 3 heteroatoms. The number of hydrogen-bond donors (Lipinski definition) is 0. The maximum Gasteiger partial charge on any atom is 0.168 e. The summed E-state index contributed by atoms with van der Waals surface area (Å²) in [7, 11) is 0. The topological polar surface area (TPSA) is 30.0 Å². The van der Waals surface area contributed by atoms with E-state index in [1.54, 1.807) is 0 Å². The van der Waals surface area contributed by atoms with Crippen molar-refractivity contribution in [3.63, 3.8) is 0 Å². The summed E-state index contributed by atoms with van der Waals surface area (Å²) in [5.41, 5.74) is 2.39. The fourth-order valence-corrected chi connectivity index (χ4v) is 2.78. The van der Waals surface area contributed by atoms with Gasteiger partial charge in [0.2, 0.25) is 0 Å². The monoisotopic (exact) mass is 359 g/mol. The normalized spacial score (nSPS) is 10.6. The molecule has 1 aromatic heterocycles. The largest absolute Gasteiger partial charge is 0.296 e. The van der Waals surface area contributed by atoms with Crippen LogP contribution in [0.3, 0.4) is 0 Å². The van der Waals surface area contributed by atoms with Gasteiger partial charge in [0.15, 0.2) is 6.29 Å². The molecule has 0 unspecified atom stereocenters. The van der Waals surface area contributed by atoms with Gasteiger partial charge in [-0.2, -0.15) is 0 Å². The van der Waals surface area contributed by atoms with Crippen LogP contribution in [0.5, 0.6) is 0 Å². The van der Waals surface area contributed by atoms with E-state index in [0.717, 1.165) is 31.9 Å². The van der Waals surface area contributed by atoms with E-state index in [1.807, 2.05) is 54.6 Å². The molecule has 1 heterocycles. The van der Waals surface area contributed by atoms with Gasteiger partial charge in [-0.25, -0.2) is 4.98 Å². The van der Waals surface area contributed by atoms with E-state index in [-0.39, 0.29) is 0 Å². The van der Waals surface area contributed by atoms with Crippen molar-refractivity contribution in [3.05, 3.63) is 63.9 Å². The van der Waals surface area contributed by atoms with E-state index in [4.69, 9.17) is 0 Å². The first-order valence-electron chi connectivity index (χ1n) is 5.89. The van der Waals surface area contributed by atoms with Crippen LogP contribution in [0.15, 0.2) is 54.6 Å². The third-order valence-corrected chi connectivity index (χ3v) is 3.95. The fraction of sp³-hybridized carbons (Fsp3) is 0. The van der Waals surface area contributed by atoms with Crippen molar-refractivity contribution in [3.8, 4) is 11.3 Å². The van der Waals surface area contributed by atoms with Gasteiger partial charge < -0.3 is 0 Å². The number of hydrogen-bond acceptors (Lipinski definition) is 2. The highest BCUT2D eigenvalue weighted by atomic mass is 127. The number of aromatic nitrogens is 1. The van der Waals surface area contributed by atoms with Gasteiger partial charge in [0.05, 0.1) is 5.69 Å². The molecule has 0 N–H and O–H groups in total.